The molecule has 0 spiro atoms. The number of methoxy groups -OCH3 is 2. The van der Waals surface area contributed by atoms with Crippen molar-refractivity contribution in [2.45, 2.75) is 13.3 Å². The first-order valence-electron chi connectivity index (χ1n) is 6.49. The maximum absolute atomic E-state index is 11.7. The number of pyridine rings is 1. The minimum atomic E-state index is -0.0260. The number of ether oxygens (including phenoxy) is 2. The van der Waals surface area contributed by atoms with Gasteiger partial charge in [-0.3, -0.25) is 4.79 Å². The van der Waals surface area contributed by atoms with Gasteiger partial charge in [-0.1, -0.05) is 6.92 Å². The fourth-order valence-corrected chi connectivity index (χ4v) is 2.47. The standard InChI is InChI=1S/C15H16N2O3/c1-8-4-10-5-9-6-12(19-2)13(20-3)7-11(9)16-14(10)17-15(8)18/h5-8H,4H2,1-3H3,(H,16,17,18). The molecule has 20 heavy (non-hydrogen) atoms. The van der Waals surface area contributed by atoms with Crippen molar-refractivity contribution in [2.24, 2.45) is 5.92 Å². The van der Waals surface area contributed by atoms with E-state index in [2.05, 4.69) is 16.4 Å². The van der Waals surface area contributed by atoms with Crippen LogP contribution in [0.2, 0.25) is 0 Å². The molecule has 104 valence electrons. The third kappa shape index (κ3) is 1.95. The molecule has 0 radical (unpaired) electrons. The molecule has 1 atom stereocenters. The van der Waals surface area contributed by atoms with Gasteiger partial charge in [0.25, 0.3) is 0 Å². The number of aromatic nitrogens is 1. The lowest BCUT2D eigenvalue weighted by Gasteiger charge is -2.21. The average molecular weight is 272 g/mol. The van der Waals surface area contributed by atoms with E-state index in [-0.39, 0.29) is 11.8 Å². The molecule has 1 aromatic heterocycles. The summed E-state index contributed by atoms with van der Waals surface area (Å²) in [6.07, 6.45) is 0.707. The molecule has 2 heterocycles. The van der Waals surface area contributed by atoms with Crippen molar-refractivity contribution < 1.29 is 14.3 Å². The average Bonchev–Trinajstić information content (AvgIpc) is 2.45. The van der Waals surface area contributed by atoms with Gasteiger partial charge in [-0.15, -0.1) is 0 Å². The van der Waals surface area contributed by atoms with Crippen molar-refractivity contribution in [1.82, 2.24) is 4.98 Å². The highest BCUT2D eigenvalue weighted by atomic mass is 16.5. The molecule has 5 nitrogen and oxygen atoms in total. The SMILES string of the molecule is COc1cc2cc3c(nc2cc1OC)NC(=O)C(C)C3. The van der Waals surface area contributed by atoms with E-state index in [1.807, 2.05) is 19.1 Å². The summed E-state index contributed by atoms with van der Waals surface area (Å²) < 4.78 is 10.6. The fourth-order valence-electron chi connectivity index (χ4n) is 2.47. The van der Waals surface area contributed by atoms with Gasteiger partial charge < -0.3 is 14.8 Å². The van der Waals surface area contributed by atoms with Crippen LogP contribution in [0.4, 0.5) is 5.82 Å². The lowest BCUT2D eigenvalue weighted by Crippen LogP contribution is -2.28. The van der Waals surface area contributed by atoms with Crippen LogP contribution in [0.1, 0.15) is 12.5 Å². The Kier molecular flexibility index (Phi) is 2.97. The predicted molar refractivity (Wildman–Crippen MR) is 76.3 cm³/mol. The van der Waals surface area contributed by atoms with Crippen LogP contribution in [0.5, 0.6) is 11.5 Å². The van der Waals surface area contributed by atoms with E-state index >= 15 is 0 Å². The lowest BCUT2D eigenvalue weighted by molar-refractivity contribution is -0.119. The molecule has 1 aromatic carbocycles. The van der Waals surface area contributed by atoms with E-state index in [4.69, 9.17) is 9.47 Å². The van der Waals surface area contributed by atoms with Gasteiger partial charge in [0, 0.05) is 17.4 Å². The topological polar surface area (TPSA) is 60.5 Å². The molecule has 0 fully saturated rings. The summed E-state index contributed by atoms with van der Waals surface area (Å²) in [5, 5.41) is 3.82. The highest BCUT2D eigenvalue weighted by Crippen LogP contribution is 2.34. The summed E-state index contributed by atoms with van der Waals surface area (Å²) in [7, 11) is 3.20. The number of benzene rings is 1. The maximum Gasteiger partial charge on any atom is 0.228 e. The summed E-state index contributed by atoms with van der Waals surface area (Å²) in [5.74, 6) is 1.94. The van der Waals surface area contributed by atoms with Crippen LogP contribution >= 0.6 is 0 Å². The molecule has 1 amide bonds. The van der Waals surface area contributed by atoms with Gasteiger partial charge in [-0.25, -0.2) is 4.98 Å². The number of nitrogens with one attached hydrogen (secondary N) is 1. The number of hydrogen-bond donors (Lipinski definition) is 1. The Hall–Kier alpha value is -2.30. The smallest absolute Gasteiger partial charge is 0.228 e. The van der Waals surface area contributed by atoms with E-state index in [0.717, 1.165) is 16.5 Å². The number of amides is 1. The van der Waals surface area contributed by atoms with Gasteiger partial charge in [0.05, 0.1) is 19.7 Å². The Morgan fingerprint density at radius 2 is 1.90 bits per heavy atom. The molecule has 0 aliphatic carbocycles. The van der Waals surface area contributed by atoms with Gasteiger partial charge in [0.1, 0.15) is 5.82 Å². The third-order valence-electron chi connectivity index (χ3n) is 3.61. The minimum Gasteiger partial charge on any atom is -0.493 e. The molecule has 1 unspecified atom stereocenters. The lowest BCUT2D eigenvalue weighted by atomic mass is 9.96. The zero-order valence-corrected chi connectivity index (χ0v) is 11.7. The molecule has 0 saturated heterocycles. The largest absolute Gasteiger partial charge is 0.493 e. The van der Waals surface area contributed by atoms with Crippen LogP contribution in [-0.2, 0) is 11.2 Å². The van der Waals surface area contributed by atoms with E-state index in [9.17, 15) is 4.79 Å². The summed E-state index contributed by atoms with van der Waals surface area (Å²) >= 11 is 0. The molecule has 0 saturated carbocycles. The number of nitrogens with zero attached hydrogens (tertiary/aromatic N) is 1. The molecule has 3 rings (SSSR count). The molecule has 5 heteroatoms. The number of carbonyl (C=O) groups is 1. The van der Waals surface area contributed by atoms with E-state index < -0.39 is 0 Å². The van der Waals surface area contributed by atoms with Crippen molar-refractivity contribution in [3.63, 3.8) is 0 Å². The maximum atomic E-state index is 11.7. The van der Waals surface area contributed by atoms with Crippen molar-refractivity contribution in [2.75, 3.05) is 19.5 Å². The van der Waals surface area contributed by atoms with Gasteiger partial charge >= 0.3 is 0 Å². The van der Waals surface area contributed by atoms with Gasteiger partial charge in [0.2, 0.25) is 5.91 Å². The van der Waals surface area contributed by atoms with Crippen LogP contribution in [0.15, 0.2) is 18.2 Å². The zero-order chi connectivity index (χ0) is 14.3. The summed E-state index contributed by atoms with van der Waals surface area (Å²) in [5.41, 5.74) is 1.83. The first kappa shape index (κ1) is 12.7. The van der Waals surface area contributed by atoms with Gasteiger partial charge in [-0.2, -0.15) is 0 Å². The van der Waals surface area contributed by atoms with Crippen molar-refractivity contribution in [3.8, 4) is 11.5 Å². The van der Waals surface area contributed by atoms with Crippen molar-refractivity contribution in [3.05, 3.63) is 23.8 Å². The van der Waals surface area contributed by atoms with Gasteiger partial charge in [0.15, 0.2) is 11.5 Å². The second-order valence-electron chi connectivity index (χ2n) is 4.99. The van der Waals surface area contributed by atoms with E-state index in [0.29, 0.717) is 23.7 Å². The Labute approximate surface area is 116 Å². The highest BCUT2D eigenvalue weighted by Gasteiger charge is 2.24. The monoisotopic (exact) mass is 272 g/mol. The molecule has 0 bridgehead atoms. The van der Waals surface area contributed by atoms with E-state index in [1.165, 1.54) is 0 Å². The fraction of sp³-hybridized carbons (Fsp3) is 0.333. The quantitative estimate of drug-likeness (QED) is 0.911. The number of fused-ring (bicyclic) bond motifs is 2. The van der Waals surface area contributed by atoms with Crippen LogP contribution in [0.3, 0.4) is 0 Å². The summed E-state index contributed by atoms with van der Waals surface area (Å²) in [4.78, 5) is 16.2. The van der Waals surface area contributed by atoms with Crippen molar-refractivity contribution in [1.29, 1.82) is 0 Å². The Morgan fingerprint density at radius 1 is 1.20 bits per heavy atom. The Bertz CT molecular complexity index is 697. The zero-order valence-electron chi connectivity index (χ0n) is 11.7. The molecule has 1 aliphatic heterocycles. The molecule has 1 N–H and O–H groups in total. The molecular formula is C15H16N2O3. The number of anilines is 1. The second kappa shape index (κ2) is 4.67. The number of carbonyl (C=O) groups excluding carboxylic acids is 1. The summed E-state index contributed by atoms with van der Waals surface area (Å²) in [6.45, 7) is 1.91. The first-order chi connectivity index (χ1) is 9.62. The number of rotatable bonds is 2. The van der Waals surface area contributed by atoms with Gasteiger partial charge in [-0.05, 0) is 24.1 Å². The van der Waals surface area contributed by atoms with E-state index in [1.54, 1.807) is 14.2 Å². The third-order valence-corrected chi connectivity index (χ3v) is 3.61. The second-order valence-corrected chi connectivity index (χ2v) is 4.99. The normalized spacial score (nSPS) is 17.6. The van der Waals surface area contributed by atoms with Crippen LogP contribution in [-0.4, -0.2) is 25.1 Å². The first-order valence-corrected chi connectivity index (χ1v) is 6.49. The Balaban J connectivity index is 2.18. The predicted octanol–water partition coefficient (Wildman–Crippen LogP) is 2.38. The Morgan fingerprint density at radius 3 is 2.60 bits per heavy atom. The highest BCUT2D eigenvalue weighted by molar-refractivity contribution is 5.96. The van der Waals surface area contributed by atoms with Crippen LogP contribution in [0.25, 0.3) is 10.9 Å². The van der Waals surface area contributed by atoms with Crippen molar-refractivity contribution >= 4 is 22.6 Å². The summed E-state index contributed by atoms with van der Waals surface area (Å²) in [6, 6.07) is 5.77. The van der Waals surface area contributed by atoms with Crippen LogP contribution < -0.4 is 14.8 Å². The minimum absolute atomic E-state index is 0.0184. The molecule has 1 aliphatic rings. The molecular weight excluding hydrogens is 256 g/mol. The number of hydrogen-bond acceptors (Lipinski definition) is 4. The van der Waals surface area contributed by atoms with Crippen LogP contribution in [0, 0.1) is 5.92 Å². The molecule has 2 aromatic rings.